The largest absolute Gasteiger partial charge is 0.338 e. The number of rotatable bonds is 2. The second-order valence-corrected chi connectivity index (χ2v) is 6.22. The molecule has 122 valence electrons. The molecule has 1 unspecified atom stereocenters. The Labute approximate surface area is 137 Å². The first-order valence-corrected chi connectivity index (χ1v) is 7.67. The molecule has 0 aliphatic carbocycles. The molecule has 8 heteroatoms. The number of imide groups is 1. The van der Waals surface area contributed by atoms with Crippen LogP contribution in [-0.4, -0.2) is 50.9 Å². The molecule has 1 atom stereocenters. The summed E-state index contributed by atoms with van der Waals surface area (Å²) in [5, 5.41) is 8.90. The number of amides is 3. The van der Waals surface area contributed by atoms with E-state index >= 15 is 0 Å². The molecule has 8 nitrogen and oxygen atoms in total. The molecule has 2 aromatic rings. The molecular weight excluding hydrogens is 310 g/mol. The fraction of sp³-hybridized carbons (Fsp3) is 0.312. The maximum atomic E-state index is 12.6. The van der Waals surface area contributed by atoms with Crippen LogP contribution in [0.15, 0.2) is 30.6 Å². The summed E-state index contributed by atoms with van der Waals surface area (Å²) in [5.41, 5.74) is 0.634. The van der Waals surface area contributed by atoms with Crippen molar-refractivity contribution in [3.63, 3.8) is 0 Å². The number of likely N-dealkylation sites (tertiary alicyclic amines) is 1. The Bertz CT molecular complexity index is 815. The smallest absolute Gasteiger partial charge is 0.253 e. The van der Waals surface area contributed by atoms with E-state index in [9.17, 15) is 14.4 Å². The molecule has 0 radical (unpaired) electrons. The van der Waals surface area contributed by atoms with Crippen molar-refractivity contribution in [2.24, 2.45) is 5.41 Å². The lowest BCUT2D eigenvalue weighted by atomic mass is 9.85. The predicted molar refractivity (Wildman–Crippen MR) is 82.5 cm³/mol. The predicted octanol–water partition coefficient (Wildman–Crippen LogP) is 0.350. The van der Waals surface area contributed by atoms with Gasteiger partial charge < -0.3 is 4.90 Å². The monoisotopic (exact) mass is 325 g/mol. The van der Waals surface area contributed by atoms with E-state index in [2.05, 4.69) is 20.5 Å². The number of carbonyl (C=O) groups is 3. The zero-order valence-electron chi connectivity index (χ0n) is 12.8. The van der Waals surface area contributed by atoms with Crippen molar-refractivity contribution in [1.82, 2.24) is 25.4 Å². The number of nitrogens with zero attached hydrogens (tertiary/aromatic N) is 3. The Balaban J connectivity index is 1.51. The minimum Gasteiger partial charge on any atom is -0.338 e. The van der Waals surface area contributed by atoms with Crippen LogP contribution in [-0.2, 0) is 9.59 Å². The van der Waals surface area contributed by atoms with Crippen LogP contribution in [0.4, 0.5) is 0 Å². The van der Waals surface area contributed by atoms with E-state index < -0.39 is 5.41 Å². The average molecular weight is 325 g/mol. The van der Waals surface area contributed by atoms with Crippen molar-refractivity contribution in [2.75, 3.05) is 13.1 Å². The highest BCUT2D eigenvalue weighted by atomic mass is 16.2. The Morgan fingerprint density at radius 2 is 2.00 bits per heavy atom. The number of H-pyrrole nitrogens is 1. The molecule has 24 heavy (non-hydrogen) atoms. The third-order valence-corrected chi connectivity index (χ3v) is 4.69. The van der Waals surface area contributed by atoms with Gasteiger partial charge in [-0.2, -0.15) is 5.10 Å². The maximum absolute atomic E-state index is 12.6. The van der Waals surface area contributed by atoms with Gasteiger partial charge in [0.2, 0.25) is 11.8 Å². The molecular formula is C16H15N5O3. The summed E-state index contributed by atoms with van der Waals surface area (Å²) in [6.07, 6.45) is 2.11. The van der Waals surface area contributed by atoms with Gasteiger partial charge in [-0.05, 0) is 18.6 Å². The van der Waals surface area contributed by atoms with Crippen LogP contribution in [0.25, 0.3) is 11.4 Å². The molecule has 1 aromatic heterocycles. The SMILES string of the molecule is O=C1CC2(CCN(C(=O)c3ccc(-c4ncn[nH]4)cc3)C2)C(=O)N1. The Morgan fingerprint density at radius 3 is 2.62 bits per heavy atom. The van der Waals surface area contributed by atoms with Gasteiger partial charge in [0, 0.05) is 30.6 Å². The number of aromatic nitrogens is 3. The molecule has 2 N–H and O–H groups in total. The fourth-order valence-electron chi connectivity index (χ4n) is 3.36. The Hall–Kier alpha value is -3.03. The highest BCUT2D eigenvalue weighted by Crippen LogP contribution is 2.38. The lowest BCUT2D eigenvalue weighted by Gasteiger charge is -2.20. The van der Waals surface area contributed by atoms with Crippen molar-refractivity contribution in [3.8, 4) is 11.4 Å². The summed E-state index contributed by atoms with van der Waals surface area (Å²) in [5.74, 6) is -0.0208. The molecule has 2 aliphatic heterocycles. The average Bonchev–Trinajstić information content (AvgIpc) is 3.29. The zero-order valence-corrected chi connectivity index (χ0v) is 12.8. The second kappa shape index (κ2) is 5.26. The number of carbonyl (C=O) groups excluding carboxylic acids is 3. The molecule has 4 rings (SSSR count). The van der Waals surface area contributed by atoms with Gasteiger partial charge in [0.1, 0.15) is 6.33 Å². The first kappa shape index (κ1) is 14.6. The number of benzene rings is 1. The molecule has 0 saturated carbocycles. The van der Waals surface area contributed by atoms with Crippen LogP contribution in [0.1, 0.15) is 23.2 Å². The maximum Gasteiger partial charge on any atom is 0.253 e. The molecule has 1 spiro atoms. The standard InChI is InChI=1S/C16H15N5O3/c22-12-7-16(15(24)19-12)5-6-21(8-16)14(23)11-3-1-10(2-4-11)13-17-9-18-20-13/h1-4,9H,5-8H2,(H,17,18,20)(H,19,22,24). The zero-order chi connectivity index (χ0) is 16.7. The quantitative estimate of drug-likeness (QED) is 0.775. The van der Waals surface area contributed by atoms with Gasteiger partial charge >= 0.3 is 0 Å². The summed E-state index contributed by atoms with van der Waals surface area (Å²) in [7, 11) is 0. The van der Waals surface area contributed by atoms with Gasteiger partial charge in [-0.25, -0.2) is 4.98 Å². The molecule has 2 fully saturated rings. The normalized spacial score (nSPS) is 23.1. The van der Waals surface area contributed by atoms with Crippen LogP contribution in [0, 0.1) is 5.41 Å². The van der Waals surface area contributed by atoms with E-state index in [4.69, 9.17) is 0 Å². The van der Waals surface area contributed by atoms with Crippen LogP contribution in [0.2, 0.25) is 0 Å². The topological polar surface area (TPSA) is 108 Å². The van der Waals surface area contributed by atoms with Crippen LogP contribution in [0.5, 0.6) is 0 Å². The van der Waals surface area contributed by atoms with Crippen LogP contribution in [0.3, 0.4) is 0 Å². The molecule has 1 aromatic carbocycles. The van der Waals surface area contributed by atoms with Crippen molar-refractivity contribution >= 4 is 17.7 Å². The molecule has 3 amide bonds. The fourth-order valence-corrected chi connectivity index (χ4v) is 3.36. The van der Waals surface area contributed by atoms with Crippen molar-refractivity contribution < 1.29 is 14.4 Å². The highest BCUT2D eigenvalue weighted by Gasteiger charge is 2.51. The molecule has 3 heterocycles. The van der Waals surface area contributed by atoms with E-state index in [1.165, 1.54) is 6.33 Å². The molecule has 2 aliphatic rings. The number of nitrogens with one attached hydrogen (secondary N) is 2. The summed E-state index contributed by atoms with van der Waals surface area (Å²) in [6, 6.07) is 7.05. The van der Waals surface area contributed by atoms with Crippen LogP contribution >= 0.6 is 0 Å². The minimum absolute atomic E-state index is 0.136. The third-order valence-electron chi connectivity index (χ3n) is 4.69. The van der Waals surface area contributed by atoms with E-state index in [0.717, 1.165) is 5.56 Å². The third kappa shape index (κ3) is 2.27. The summed E-state index contributed by atoms with van der Waals surface area (Å²) in [6.45, 7) is 0.761. The van der Waals surface area contributed by atoms with E-state index in [1.807, 2.05) is 0 Å². The second-order valence-electron chi connectivity index (χ2n) is 6.22. The van der Waals surface area contributed by atoms with E-state index in [1.54, 1.807) is 29.2 Å². The van der Waals surface area contributed by atoms with Gasteiger partial charge in [-0.3, -0.25) is 24.8 Å². The van der Waals surface area contributed by atoms with E-state index in [0.29, 0.717) is 24.4 Å². The van der Waals surface area contributed by atoms with Crippen molar-refractivity contribution in [3.05, 3.63) is 36.2 Å². The van der Waals surface area contributed by atoms with Crippen LogP contribution < -0.4 is 5.32 Å². The summed E-state index contributed by atoms with van der Waals surface area (Å²) < 4.78 is 0. The first-order chi connectivity index (χ1) is 11.6. The minimum atomic E-state index is -0.744. The van der Waals surface area contributed by atoms with Gasteiger partial charge in [-0.1, -0.05) is 12.1 Å². The Morgan fingerprint density at radius 1 is 1.21 bits per heavy atom. The lowest BCUT2D eigenvalue weighted by molar-refractivity contribution is -0.128. The summed E-state index contributed by atoms with van der Waals surface area (Å²) in [4.78, 5) is 41.8. The van der Waals surface area contributed by atoms with E-state index in [-0.39, 0.29) is 30.7 Å². The number of hydrogen-bond acceptors (Lipinski definition) is 5. The highest BCUT2D eigenvalue weighted by molar-refractivity contribution is 6.06. The van der Waals surface area contributed by atoms with Gasteiger partial charge in [-0.15, -0.1) is 0 Å². The summed E-state index contributed by atoms with van der Waals surface area (Å²) >= 11 is 0. The number of hydrogen-bond donors (Lipinski definition) is 2. The Kier molecular flexibility index (Phi) is 3.19. The van der Waals surface area contributed by atoms with Gasteiger partial charge in [0.15, 0.2) is 5.82 Å². The van der Waals surface area contributed by atoms with Crippen molar-refractivity contribution in [2.45, 2.75) is 12.8 Å². The molecule has 0 bridgehead atoms. The lowest BCUT2D eigenvalue weighted by Crippen LogP contribution is -2.36. The number of aromatic amines is 1. The van der Waals surface area contributed by atoms with Gasteiger partial charge in [0.05, 0.1) is 5.41 Å². The first-order valence-electron chi connectivity index (χ1n) is 7.67. The van der Waals surface area contributed by atoms with Gasteiger partial charge in [0.25, 0.3) is 5.91 Å². The molecule has 2 saturated heterocycles. The van der Waals surface area contributed by atoms with Crippen molar-refractivity contribution in [1.29, 1.82) is 0 Å².